The highest BCUT2D eigenvalue weighted by Gasteiger charge is 2.24. The van der Waals surface area contributed by atoms with Crippen molar-refractivity contribution in [2.24, 2.45) is 0 Å². The Bertz CT molecular complexity index is 323. The molecule has 80 valence electrons. The maximum absolute atomic E-state index is 11.5. The van der Waals surface area contributed by atoms with Crippen LogP contribution < -0.4 is 0 Å². The highest BCUT2D eigenvalue weighted by molar-refractivity contribution is 7.94. The van der Waals surface area contributed by atoms with Gasteiger partial charge in [-0.05, 0) is 12.8 Å². The van der Waals surface area contributed by atoms with Crippen LogP contribution in [-0.4, -0.2) is 24.7 Å². The number of carboxylic acids is 1. The third kappa shape index (κ3) is 3.14. The van der Waals surface area contributed by atoms with Crippen molar-refractivity contribution in [3.8, 4) is 0 Å². The molecule has 0 amide bonds. The van der Waals surface area contributed by atoms with Gasteiger partial charge < -0.3 is 5.11 Å². The third-order valence-corrected chi connectivity index (χ3v) is 4.33. The summed E-state index contributed by atoms with van der Waals surface area (Å²) in [6.07, 6.45) is 4.94. The van der Waals surface area contributed by atoms with Gasteiger partial charge in [-0.15, -0.1) is 0 Å². The molecule has 0 aliphatic heterocycles. The van der Waals surface area contributed by atoms with Crippen LogP contribution in [0, 0.1) is 0 Å². The zero-order chi connectivity index (χ0) is 10.6. The van der Waals surface area contributed by atoms with E-state index < -0.39 is 15.8 Å². The second kappa shape index (κ2) is 4.59. The molecule has 0 aromatic carbocycles. The van der Waals surface area contributed by atoms with E-state index in [0.717, 1.165) is 24.7 Å². The van der Waals surface area contributed by atoms with E-state index in [4.69, 9.17) is 5.11 Å². The molecule has 1 aliphatic carbocycles. The summed E-state index contributed by atoms with van der Waals surface area (Å²) in [6, 6.07) is 0. The summed E-state index contributed by atoms with van der Waals surface area (Å²) in [5, 5.41) is 8.78. The van der Waals surface area contributed by atoms with Gasteiger partial charge in [-0.2, -0.15) is 0 Å². The van der Waals surface area contributed by atoms with E-state index in [9.17, 15) is 13.2 Å². The van der Waals surface area contributed by atoms with Crippen molar-refractivity contribution in [1.29, 1.82) is 0 Å². The Morgan fingerprint density at radius 1 is 1.21 bits per heavy atom. The Kier molecular flexibility index (Phi) is 3.69. The number of hydrogen-bond acceptors (Lipinski definition) is 3. The summed E-state index contributed by atoms with van der Waals surface area (Å²) in [7, 11) is -3.34. The molecule has 0 heterocycles. The molecule has 1 fully saturated rings. The summed E-state index contributed by atoms with van der Waals surface area (Å²) in [5.41, 5.74) is 0. The molecule has 0 saturated heterocycles. The first-order valence-electron chi connectivity index (χ1n) is 4.67. The van der Waals surface area contributed by atoms with Gasteiger partial charge in [0, 0.05) is 11.5 Å². The Morgan fingerprint density at radius 2 is 1.79 bits per heavy atom. The van der Waals surface area contributed by atoms with Gasteiger partial charge in [0.25, 0.3) is 0 Å². The summed E-state index contributed by atoms with van der Waals surface area (Å²) in [5.74, 6) is -1.22. The van der Waals surface area contributed by atoms with Crippen LogP contribution in [0.5, 0.6) is 0 Å². The van der Waals surface area contributed by atoms with Crippen molar-refractivity contribution in [2.45, 2.75) is 37.4 Å². The predicted molar refractivity (Wildman–Crippen MR) is 52.6 cm³/mol. The average molecular weight is 218 g/mol. The number of aliphatic carboxylic acids is 1. The lowest BCUT2D eigenvalue weighted by atomic mass is 10.0. The van der Waals surface area contributed by atoms with Crippen LogP contribution in [-0.2, 0) is 14.6 Å². The summed E-state index contributed by atoms with van der Waals surface area (Å²) in [4.78, 5) is 10.2. The molecule has 1 rings (SSSR count). The van der Waals surface area contributed by atoms with E-state index in [1.807, 2.05) is 0 Å². The lowest BCUT2D eigenvalue weighted by Crippen LogP contribution is -2.22. The zero-order valence-corrected chi connectivity index (χ0v) is 8.66. The van der Waals surface area contributed by atoms with E-state index in [-0.39, 0.29) is 5.25 Å². The molecule has 5 heteroatoms. The average Bonchev–Trinajstić information content (AvgIpc) is 2.16. The van der Waals surface area contributed by atoms with Crippen LogP contribution in [0.4, 0.5) is 0 Å². The maximum atomic E-state index is 11.5. The van der Waals surface area contributed by atoms with Crippen molar-refractivity contribution in [3.63, 3.8) is 0 Å². The van der Waals surface area contributed by atoms with E-state index in [0.29, 0.717) is 18.9 Å². The Balaban J connectivity index is 2.68. The highest BCUT2D eigenvalue weighted by Crippen LogP contribution is 2.24. The number of rotatable bonds is 3. The first kappa shape index (κ1) is 11.2. The first-order valence-corrected chi connectivity index (χ1v) is 6.28. The lowest BCUT2D eigenvalue weighted by molar-refractivity contribution is -0.131. The molecule has 1 N–H and O–H groups in total. The molecule has 1 aliphatic rings. The number of hydrogen-bond donors (Lipinski definition) is 1. The number of sulfone groups is 1. The first-order chi connectivity index (χ1) is 6.52. The molecule has 0 spiro atoms. The SMILES string of the molecule is O=C(O)C=CS(=O)(=O)C1CCCCC1. The fraction of sp³-hybridized carbons (Fsp3) is 0.667. The normalized spacial score (nSPS) is 20.0. The van der Waals surface area contributed by atoms with Crippen LogP contribution >= 0.6 is 0 Å². The highest BCUT2D eigenvalue weighted by atomic mass is 32.2. The molecule has 4 nitrogen and oxygen atoms in total. The van der Waals surface area contributed by atoms with Crippen molar-refractivity contribution >= 4 is 15.8 Å². The predicted octanol–water partition coefficient (Wildman–Crippen LogP) is 1.33. The molecule has 0 unspecified atom stereocenters. The summed E-state index contributed by atoms with van der Waals surface area (Å²) >= 11 is 0. The summed E-state index contributed by atoms with van der Waals surface area (Å²) in [6.45, 7) is 0. The molecular formula is C9H14O4S. The Hall–Kier alpha value is -0.840. The van der Waals surface area contributed by atoms with Gasteiger partial charge in [0.05, 0.1) is 5.25 Å². The fourth-order valence-corrected chi connectivity index (χ4v) is 3.18. The van der Waals surface area contributed by atoms with Gasteiger partial charge in [0.1, 0.15) is 0 Å². The molecule has 0 atom stereocenters. The fourth-order valence-electron chi connectivity index (χ4n) is 1.66. The van der Waals surface area contributed by atoms with Crippen LogP contribution in [0.15, 0.2) is 11.5 Å². The minimum Gasteiger partial charge on any atom is -0.478 e. The molecule has 0 aromatic rings. The smallest absolute Gasteiger partial charge is 0.329 e. The standard InChI is InChI=1S/C9H14O4S/c10-9(11)6-7-14(12,13)8-4-2-1-3-5-8/h6-8H,1-5H2,(H,10,11). The topological polar surface area (TPSA) is 71.4 Å². The van der Waals surface area contributed by atoms with E-state index in [2.05, 4.69) is 0 Å². The van der Waals surface area contributed by atoms with Crippen molar-refractivity contribution in [2.75, 3.05) is 0 Å². The summed E-state index contributed by atoms with van der Waals surface area (Å²) < 4.78 is 23.1. The van der Waals surface area contributed by atoms with E-state index in [1.54, 1.807) is 0 Å². The molecular weight excluding hydrogens is 204 g/mol. The van der Waals surface area contributed by atoms with E-state index in [1.165, 1.54) is 0 Å². The Labute approximate surface area is 83.5 Å². The minimum absolute atomic E-state index is 0.369. The molecule has 0 aromatic heterocycles. The van der Waals surface area contributed by atoms with Gasteiger partial charge in [-0.25, -0.2) is 13.2 Å². The van der Waals surface area contributed by atoms with Gasteiger partial charge in [0.2, 0.25) is 0 Å². The zero-order valence-electron chi connectivity index (χ0n) is 7.85. The van der Waals surface area contributed by atoms with Gasteiger partial charge >= 0.3 is 5.97 Å². The monoisotopic (exact) mass is 218 g/mol. The van der Waals surface area contributed by atoms with Gasteiger partial charge in [-0.3, -0.25) is 0 Å². The van der Waals surface area contributed by atoms with Crippen LogP contribution in [0.1, 0.15) is 32.1 Å². The largest absolute Gasteiger partial charge is 0.478 e. The number of carbonyl (C=O) groups is 1. The lowest BCUT2D eigenvalue weighted by Gasteiger charge is -2.19. The number of carboxylic acid groups (broad SMARTS) is 1. The third-order valence-electron chi connectivity index (χ3n) is 2.42. The quantitative estimate of drug-likeness (QED) is 0.725. The van der Waals surface area contributed by atoms with Crippen LogP contribution in [0.2, 0.25) is 0 Å². The van der Waals surface area contributed by atoms with E-state index >= 15 is 0 Å². The second-order valence-corrected chi connectivity index (χ2v) is 5.61. The minimum atomic E-state index is -3.34. The second-order valence-electron chi connectivity index (χ2n) is 3.49. The molecule has 1 saturated carbocycles. The van der Waals surface area contributed by atoms with Crippen LogP contribution in [0.3, 0.4) is 0 Å². The molecule has 14 heavy (non-hydrogen) atoms. The van der Waals surface area contributed by atoms with Gasteiger partial charge in [-0.1, -0.05) is 19.3 Å². The molecule has 0 bridgehead atoms. The Morgan fingerprint density at radius 3 is 2.29 bits per heavy atom. The van der Waals surface area contributed by atoms with Crippen LogP contribution in [0.25, 0.3) is 0 Å². The van der Waals surface area contributed by atoms with Crippen molar-refractivity contribution in [1.82, 2.24) is 0 Å². The van der Waals surface area contributed by atoms with Crippen molar-refractivity contribution < 1.29 is 18.3 Å². The molecule has 0 radical (unpaired) electrons. The van der Waals surface area contributed by atoms with Gasteiger partial charge in [0.15, 0.2) is 9.84 Å². The maximum Gasteiger partial charge on any atom is 0.329 e. The van der Waals surface area contributed by atoms with Crippen molar-refractivity contribution in [3.05, 3.63) is 11.5 Å².